The van der Waals surface area contributed by atoms with E-state index in [0.29, 0.717) is 5.75 Å². The highest BCUT2D eigenvalue weighted by molar-refractivity contribution is 5.75. The molecular formula is C15H19N3O2. The highest BCUT2D eigenvalue weighted by Crippen LogP contribution is 2.29. The Labute approximate surface area is 117 Å². The summed E-state index contributed by atoms with van der Waals surface area (Å²) in [6.45, 7) is 0. The van der Waals surface area contributed by atoms with Gasteiger partial charge in [0.2, 0.25) is 0 Å². The lowest BCUT2D eigenvalue weighted by molar-refractivity contribution is 0.324. The van der Waals surface area contributed by atoms with Crippen LogP contribution in [0.4, 0.5) is 0 Å². The second-order valence-corrected chi connectivity index (χ2v) is 5.39. The van der Waals surface area contributed by atoms with E-state index < -0.39 is 0 Å². The Balaban J connectivity index is 2.12. The van der Waals surface area contributed by atoms with Crippen LogP contribution in [0.15, 0.2) is 29.2 Å². The number of rotatable bonds is 2. The van der Waals surface area contributed by atoms with Gasteiger partial charge >= 0.3 is 0 Å². The largest absolute Gasteiger partial charge is 0.495 e. The minimum absolute atomic E-state index is 0.0213. The lowest BCUT2D eigenvalue weighted by Crippen LogP contribution is -2.32. The minimum Gasteiger partial charge on any atom is -0.495 e. The number of pyridine rings is 2. The summed E-state index contributed by atoms with van der Waals surface area (Å²) in [7, 11) is 1.61. The van der Waals surface area contributed by atoms with Crippen molar-refractivity contribution in [3.63, 3.8) is 0 Å². The Hall–Kier alpha value is -1.88. The first-order valence-electron chi connectivity index (χ1n) is 7.00. The third-order valence-electron chi connectivity index (χ3n) is 4.10. The smallest absolute Gasteiger partial charge is 0.251 e. The van der Waals surface area contributed by atoms with Gasteiger partial charge in [0.25, 0.3) is 5.56 Å². The van der Waals surface area contributed by atoms with Crippen LogP contribution in [0.5, 0.6) is 5.75 Å². The van der Waals surface area contributed by atoms with E-state index in [1.165, 1.54) is 0 Å². The summed E-state index contributed by atoms with van der Waals surface area (Å²) >= 11 is 0. The van der Waals surface area contributed by atoms with Gasteiger partial charge in [0.05, 0.1) is 24.3 Å². The van der Waals surface area contributed by atoms with E-state index in [1.54, 1.807) is 25.4 Å². The molecule has 2 N–H and O–H groups in total. The van der Waals surface area contributed by atoms with Gasteiger partial charge in [-0.05, 0) is 31.7 Å². The molecule has 2 heterocycles. The minimum atomic E-state index is 0.0213. The van der Waals surface area contributed by atoms with Crippen molar-refractivity contribution < 1.29 is 4.74 Å². The van der Waals surface area contributed by atoms with Crippen molar-refractivity contribution in [3.8, 4) is 5.75 Å². The maximum atomic E-state index is 12.3. The van der Waals surface area contributed by atoms with Crippen molar-refractivity contribution in [2.75, 3.05) is 7.11 Å². The third kappa shape index (κ3) is 2.29. The molecule has 5 heteroatoms. The van der Waals surface area contributed by atoms with E-state index in [0.717, 1.165) is 36.7 Å². The number of aromatic nitrogens is 2. The summed E-state index contributed by atoms with van der Waals surface area (Å²) in [5.74, 6) is 0.671. The van der Waals surface area contributed by atoms with E-state index in [-0.39, 0.29) is 17.6 Å². The number of hydrogen-bond acceptors (Lipinski definition) is 4. The van der Waals surface area contributed by atoms with Gasteiger partial charge in [-0.2, -0.15) is 0 Å². The van der Waals surface area contributed by atoms with Gasteiger partial charge in [-0.25, -0.2) is 0 Å². The first kappa shape index (κ1) is 13.1. The van der Waals surface area contributed by atoms with Crippen LogP contribution in [0.25, 0.3) is 11.0 Å². The molecule has 1 saturated carbocycles. The lowest BCUT2D eigenvalue weighted by Gasteiger charge is -2.28. The molecule has 0 atom stereocenters. The van der Waals surface area contributed by atoms with Gasteiger partial charge in [-0.15, -0.1) is 0 Å². The number of ether oxygens (including phenoxy) is 1. The van der Waals surface area contributed by atoms with Crippen LogP contribution in [0, 0.1) is 0 Å². The first-order chi connectivity index (χ1) is 9.69. The fraction of sp³-hybridized carbons (Fsp3) is 0.467. The summed E-state index contributed by atoms with van der Waals surface area (Å²) in [6, 6.07) is 5.72. The fourth-order valence-corrected chi connectivity index (χ4v) is 2.96. The van der Waals surface area contributed by atoms with Crippen molar-refractivity contribution in [2.45, 2.75) is 37.8 Å². The first-order valence-corrected chi connectivity index (χ1v) is 7.00. The maximum Gasteiger partial charge on any atom is 0.251 e. The molecule has 0 spiro atoms. The molecule has 5 nitrogen and oxygen atoms in total. The molecule has 1 aliphatic rings. The van der Waals surface area contributed by atoms with Crippen molar-refractivity contribution in [1.82, 2.24) is 9.55 Å². The number of methoxy groups -OCH3 is 1. The normalized spacial score (nSPS) is 22.9. The molecule has 0 radical (unpaired) electrons. The van der Waals surface area contributed by atoms with Gasteiger partial charge in [0.1, 0.15) is 5.75 Å². The molecule has 0 amide bonds. The second kappa shape index (κ2) is 5.25. The zero-order chi connectivity index (χ0) is 14.1. The summed E-state index contributed by atoms with van der Waals surface area (Å²) in [5, 5.41) is 0. The van der Waals surface area contributed by atoms with Crippen LogP contribution < -0.4 is 16.0 Å². The summed E-state index contributed by atoms with van der Waals surface area (Å²) in [6.07, 6.45) is 5.48. The molecule has 2 aromatic heterocycles. The monoisotopic (exact) mass is 273 g/mol. The SMILES string of the molecule is COc1cnc2ccc(=O)n(C3CCC(N)CC3)c2c1. The molecule has 0 bridgehead atoms. The quantitative estimate of drug-likeness (QED) is 0.906. The van der Waals surface area contributed by atoms with Gasteiger partial charge in [-0.1, -0.05) is 0 Å². The molecule has 20 heavy (non-hydrogen) atoms. The van der Waals surface area contributed by atoms with E-state index in [9.17, 15) is 4.79 Å². The van der Waals surface area contributed by atoms with Gasteiger partial charge in [-0.3, -0.25) is 9.78 Å². The zero-order valence-corrected chi connectivity index (χ0v) is 11.6. The number of fused-ring (bicyclic) bond motifs is 1. The van der Waals surface area contributed by atoms with E-state index in [1.807, 2.05) is 10.6 Å². The van der Waals surface area contributed by atoms with Gasteiger partial charge in [0.15, 0.2) is 0 Å². The molecule has 0 aliphatic heterocycles. The summed E-state index contributed by atoms with van der Waals surface area (Å²) < 4.78 is 7.08. The van der Waals surface area contributed by atoms with E-state index in [4.69, 9.17) is 10.5 Å². The van der Waals surface area contributed by atoms with E-state index >= 15 is 0 Å². The summed E-state index contributed by atoms with van der Waals surface area (Å²) in [5.41, 5.74) is 7.64. The molecule has 106 valence electrons. The van der Waals surface area contributed by atoms with Crippen molar-refractivity contribution in [1.29, 1.82) is 0 Å². The van der Waals surface area contributed by atoms with Crippen molar-refractivity contribution >= 4 is 11.0 Å². The molecule has 0 unspecified atom stereocenters. The summed E-state index contributed by atoms with van der Waals surface area (Å²) in [4.78, 5) is 16.6. The molecule has 1 fully saturated rings. The van der Waals surface area contributed by atoms with Crippen LogP contribution in [-0.4, -0.2) is 22.7 Å². The Kier molecular flexibility index (Phi) is 3.44. The Morgan fingerprint density at radius 3 is 2.75 bits per heavy atom. The number of nitrogens with zero attached hydrogens (tertiary/aromatic N) is 2. The van der Waals surface area contributed by atoms with Crippen LogP contribution >= 0.6 is 0 Å². The molecule has 0 aromatic carbocycles. The van der Waals surface area contributed by atoms with E-state index in [2.05, 4.69) is 4.98 Å². The van der Waals surface area contributed by atoms with Gasteiger partial charge in [0, 0.05) is 24.2 Å². The Morgan fingerprint density at radius 2 is 2.05 bits per heavy atom. The number of hydrogen-bond donors (Lipinski definition) is 1. The highest BCUT2D eigenvalue weighted by atomic mass is 16.5. The second-order valence-electron chi connectivity index (χ2n) is 5.39. The fourth-order valence-electron chi connectivity index (χ4n) is 2.96. The van der Waals surface area contributed by atoms with Crippen LogP contribution in [0.1, 0.15) is 31.7 Å². The lowest BCUT2D eigenvalue weighted by atomic mass is 9.91. The molecule has 1 aliphatic carbocycles. The predicted octanol–water partition coefficient (Wildman–Crippen LogP) is 1.85. The highest BCUT2D eigenvalue weighted by Gasteiger charge is 2.22. The number of nitrogens with two attached hydrogens (primary N) is 1. The van der Waals surface area contributed by atoms with Crippen LogP contribution in [-0.2, 0) is 0 Å². The van der Waals surface area contributed by atoms with Crippen LogP contribution in [0.2, 0.25) is 0 Å². The molecule has 3 rings (SSSR count). The third-order valence-corrected chi connectivity index (χ3v) is 4.10. The van der Waals surface area contributed by atoms with Gasteiger partial charge < -0.3 is 15.0 Å². The maximum absolute atomic E-state index is 12.3. The molecule has 2 aromatic rings. The predicted molar refractivity (Wildman–Crippen MR) is 78.0 cm³/mol. The van der Waals surface area contributed by atoms with Crippen LogP contribution in [0.3, 0.4) is 0 Å². The topological polar surface area (TPSA) is 70.1 Å². The van der Waals surface area contributed by atoms with Crippen molar-refractivity contribution in [2.24, 2.45) is 5.73 Å². The molecule has 0 saturated heterocycles. The van der Waals surface area contributed by atoms with Crippen molar-refractivity contribution in [3.05, 3.63) is 34.7 Å². The Morgan fingerprint density at radius 1 is 1.30 bits per heavy atom. The average molecular weight is 273 g/mol. The Bertz CT molecular complexity index is 672. The zero-order valence-electron chi connectivity index (χ0n) is 11.6. The average Bonchev–Trinajstić information content (AvgIpc) is 2.48. The standard InChI is InChI=1S/C15H19N3O2/c1-20-12-8-14-13(17-9-12)6-7-15(19)18(14)11-4-2-10(16)3-5-11/h6-11H,2-5,16H2,1H3. The molecular weight excluding hydrogens is 254 g/mol.